The minimum absolute atomic E-state index is 0.543. The summed E-state index contributed by atoms with van der Waals surface area (Å²) in [4.78, 5) is 2.52. The predicted octanol–water partition coefficient (Wildman–Crippen LogP) is 1.85. The largest absolute Gasteiger partial charge is 0.493 e. The number of fused-ring (bicyclic) bond motifs is 1. The van der Waals surface area contributed by atoms with Crippen LogP contribution in [0.1, 0.15) is 24.3 Å². The van der Waals surface area contributed by atoms with Crippen molar-refractivity contribution in [3.63, 3.8) is 0 Å². The average molecular weight is 246 g/mol. The van der Waals surface area contributed by atoms with Crippen LogP contribution in [-0.4, -0.2) is 44.2 Å². The second-order valence-corrected chi connectivity index (χ2v) is 5.47. The lowest BCUT2D eigenvalue weighted by molar-refractivity contribution is 0.179. The van der Waals surface area contributed by atoms with E-state index in [2.05, 4.69) is 41.5 Å². The normalized spacial score (nSPS) is 24.0. The lowest BCUT2D eigenvalue weighted by Gasteiger charge is -2.33. The van der Waals surface area contributed by atoms with Crippen molar-refractivity contribution in [2.75, 3.05) is 33.3 Å². The molecule has 1 saturated heterocycles. The van der Waals surface area contributed by atoms with Crippen LogP contribution in [-0.2, 0) is 0 Å². The third-order valence-corrected chi connectivity index (χ3v) is 4.24. The van der Waals surface area contributed by atoms with Gasteiger partial charge < -0.3 is 15.0 Å². The van der Waals surface area contributed by atoms with Crippen molar-refractivity contribution in [1.82, 2.24) is 10.2 Å². The number of benzene rings is 1. The molecule has 3 rings (SSSR count). The average Bonchev–Trinajstić information content (AvgIpc) is 2.83. The Morgan fingerprint density at radius 2 is 2.06 bits per heavy atom. The molecule has 0 aromatic heterocycles. The molecule has 3 nitrogen and oxygen atoms in total. The van der Waals surface area contributed by atoms with E-state index >= 15 is 0 Å². The summed E-state index contributed by atoms with van der Waals surface area (Å²) in [5, 5.41) is 3.43. The molecule has 0 amide bonds. The standard InChI is InChI=1S/C15H22N2O/c1-17(13-6-8-16-9-7-13)10-12-11-18-15-5-3-2-4-14(12)15/h2-5,12-13,16H,6-11H2,1H3. The number of hydrogen-bond acceptors (Lipinski definition) is 3. The number of para-hydroxylation sites is 1. The lowest BCUT2D eigenvalue weighted by atomic mass is 9.98. The molecule has 1 atom stereocenters. The molecule has 98 valence electrons. The number of nitrogens with one attached hydrogen (secondary N) is 1. The van der Waals surface area contributed by atoms with E-state index in [9.17, 15) is 0 Å². The van der Waals surface area contributed by atoms with Crippen LogP contribution >= 0.6 is 0 Å². The van der Waals surface area contributed by atoms with Crippen molar-refractivity contribution in [1.29, 1.82) is 0 Å². The lowest BCUT2D eigenvalue weighted by Crippen LogP contribution is -2.42. The Morgan fingerprint density at radius 1 is 1.28 bits per heavy atom. The van der Waals surface area contributed by atoms with E-state index < -0.39 is 0 Å². The maximum absolute atomic E-state index is 5.76. The maximum atomic E-state index is 5.76. The fourth-order valence-corrected chi connectivity index (χ4v) is 3.12. The van der Waals surface area contributed by atoms with Gasteiger partial charge >= 0.3 is 0 Å². The quantitative estimate of drug-likeness (QED) is 0.881. The van der Waals surface area contributed by atoms with Gasteiger partial charge in [-0.15, -0.1) is 0 Å². The zero-order chi connectivity index (χ0) is 12.4. The summed E-state index contributed by atoms with van der Waals surface area (Å²) in [6.45, 7) is 4.27. The molecule has 0 radical (unpaired) electrons. The highest BCUT2D eigenvalue weighted by atomic mass is 16.5. The molecular formula is C15H22N2O. The number of nitrogens with zero attached hydrogens (tertiary/aromatic N) is 1. The maximum Gasteiger partial charge on any atom is 0.122 e. The second-order valence-electron chi connectivity index (χ2n) is 5.47. The van der Waals surface area contributed by atoms with Gasteiger partial charge in [0.05, 0.1) is 6.61 Å². The molecule has 18 heavy (non-hydrogen) atoms. The number of piperidine rings is 1. The highest BCUT2D eigenvalue weighted by Gasteiger charge is 2.27. The third-order valence-electron chi connectivity index (χ3n) is 4.24. The Bertz CT molecular complexity index is 401. The molecule has 1 fully saturated rings. The first-order chi connectivity index (χ1) is 8.84. The van der Waals surface area contributed by atoms with Crippen molar-refractivity contribution in [3.8, 4) is 5.75 Å². The molecule has 2 heterocycles. The van der Waals surface area contributed by atoms with Gasteiger partial charge in [-0.3, -0.25) is 0 Å². The van der Waals surface area contributed by atoms with Crippen LogP contribution in [0.3, 0.4) is 0 Å². The third kappa shape index (κ3) is 2.38. The highest BCUT2D eigenvalue weighted by Crippen LogP contribution is 2.34. The SMILES string of the molecule is CN(CC1COc2ccccc21)C1CCNCC1. The van der Waals surface area contributed by atoms with Gasteiger partial charge in [-0.1, -0.05) is 18.2 Å². The molecule has 3 heteroatoms. The van der Waals surface area contributed by atoms with E-state index in [1.807, 2.05) is 0 Å². The molecule has 2 aliphatic rings. The van der Waals surface area contributed by atoms with Gasteiger partial charge in [0, 0.05) is 24.1 Å². The molecule has 1 N–H and O–H groups in total. The Kier molecular flexibility index (Phi) is 3.52. The van der Waals surface area contributed by atoms with E-state index in [1.54, 1.807) is 0 Å². The van der Waals surface area contributed by atoms with Gasteiger partial charge in [-0.25, -0.2) is 0 Å². The monoisotopic (exact) mass is 246 g/mol. The summed E-state index contributed by atoms with van der Waals surface area (Å²) in [7, 11) is 2.26. The van der Waals surface area contributed by atoms with Crippen molar-refractivity contribution in [2.24, 2.45) is 0 Å². The Balaban J connectivity index is 1.63. The van der Waals surface area contributed by atoms with Crippen LogP contribution in [0, 0.1) is 0 Å². The molecule has 0 spiro atoms. The minimum Gasteiger partial charge on any atom is -0.493 e. The molecule has 0 saturated carbocycles. The molecular weight excluding hydrogens is 224 g/mol. The summed E-state index contributed by atoms with van der Waals surface area (Å²) in [5.41, 5.74) is 1.39. The van der Waals surface area contributed by atoms with Crippen molar-refractivity contribution < 1.29 is 4.74 Å². The van der Waals surface area contributed by atoms with Crippen LogP contribution in [0.25, 0.3) is 0 Å². The number of likely N-dealkylation sites (N-methyl/N-ethyl adjacent to an activating group) is 1. The van der Waals surface area contributed by atoms with Gasteiger partial charge in [0.2, 0.25) is 0 Å². The second kappa shape index (κ2) is 5.29. The van der Waals surface area contributed by atoms with Crippen LogP contribution in [0.2, 0.25) is 0 Å². The van der Waals surface area contributed by atoms with Gasteiger partial charge in [-0.2, -0.15) is 0 Å². The Labute approximate surface area is 109 Å². The molecule has 1 unspecified atom stereocenters. The van der Waals surface area contributed by atoms with Crippen LogP contribution in [0.15, 0.2) is 24.3 Å². The molecule has 0 bridgehead atoms. The summed E-state index contributed by atoms with van der Waals surface area (Å²) < 4.78 is 5.76. The first-order valence-corrected chi connectivity index (χ1v) is 6.97. The smallest absolute Gasteiger partial charge is 0.122 e. The first-order valence-electron chi connectivity index (χ1n) is 6.97. The van der Waals surface area contributed by atoms with Gasteiger partial charge in [0.15, 0.2) is 0 Å². The summed E-state index contributed by atoms with van der Waals surface area (Å²) >= 11 is 0. The number of rotatable bonds is 3. The molecule has 2 aliphatic heterocycles. The topological polar surface area (TPSA) is 24.5 Å². The van der Waals surface area contributed by atoms with Gasteiger partial charge in [0.25, 0.3) is 0 Å². The van der Waals surface area contributed by atoms with Crippen molar-refractivity contribution >= 4 is 0 Å². The molecule has 0 aliphatic carbocycles. The fourth-order valence-electron chi connectivity index (χ4n) is 3.12. The van der Waals surface area contributed by atoms with E-state index in [0.717, 1.165) is 38.0 Å². The Morgan fingerprint density at radius 3 is 2.89 bits per heavy atom. The van der Waals surface area contributed by atoms with E-state index in [4.69, 9.17) is 4.74 Å². The summed E-state index contributed by atoms with van der Waals surface area (Å²) in [6, 6.07) is 9.20. The Hall–Kier alpha value is -1.06. The van der Waals surface area contributed by atoms with Crippen LogP contribution in [0.5, 0.6) is 5.75 Å². The molecule has 1 aromatic carbocycles. The predicted molar refractivity (Wildman–Crippen MR) is 73.2 cm³/mol. The highest BCUT2D eigenvalue weighted by molar-refractivity contribution is 5.39. The fraction of sp³-hybridized carbons (Fsp3) is 0.600. The minimum atomic E-state index is 0.543. The van der Waals surface area contributed by atoms with E-state index in [-0.39, 0.29) is 0 Å². The zero-order valence-electron chi connectivity index (χ0n) is 11.1. The van der Waals surface area contributed by atoms with Gasteiger partial charge in [0.1, 0.15) is 5.75 Å². The van der Waals surface area contributed by atoms with Crippen molar-refractivity contribution in [3.05, 3.63) is 29.8 Å². The first kappa shape index (κ1) is 12.0. The number of ether oxygens (including phenoxy) is 1. The number of hydrogen-bond donors (Lipinski definition) is 1. The van der Waals surface area contributed by atoms with Crippen molar-refractivity contribution in [2.45, 2.75) is 24.8 Å². The van der Waals surface area contributed by atoms with Crippen LogP contribution in [0.4, 0.5) is 0 Å². The van der Waals surface area contributed by atoms with Crippen LogP contribution < -0.4 is 10.1 Å². The zero-order valence-corrected chi connectivity index (χ0v) is 11.1. The van der Waals surface area contributed by atoms with Gasteiger partial charge in [-0.05, 0) is 39.0 Å². The molecule has 1 aromatic rings. The summed E-state index contributed by atoms with van der Waals surface area (Å²) in [6.07, 6.45) is 2.54. The van der Waals surface area contributed by atoms with E-state index in [0.29, 0.717) is 5.92 Å². The van der Waals surface area contributed by atoms with E-state index in [1.165, 1.54) is 18.4 Å². The summed E-state index contributed by atoms with van der Waals surface area (Å²) in [5.74, 6) is 1.63.